The number of hydrogen-bond acceptors (Lipinski definition) is 4. The standard InChI is InChI=1S/C25H29NO4/c1-13-14(2)16(4)22(17(5)15(13)3)25(6,7)11-21(27)23(28)26-19-8-9-20-18(10-19)12-30-24(20)29/h8-10H,11-12H2,1-7H3,(H,26,28). The first-order chi connectivity index (χ1) is 13.9. The van der Waals surface area contributed by atoms with Crippen molar-refractivity contribution in [3.63, 3.8) is 0 Å². The highest BCUT2D eigenvalue weighted by molar-refractivity contribution is 6.40. The Hall–Kier alpha value is -2.95. The van der Waals surface area contributed by atoms with E-state index in [-0.39, 0.29) is 19.0 Å². The maximum atomic E-state index is 12.8. The zero-order valence-corrected chi connectivity index (χ0v) is 18.8. The molecule has 3 rings (SSSR count). The van der Waals surface area contributed by atoms with Crippen LogP contribution in [0.1, 0.15) is 69.6 Å². The molecule has 0 atom stereocenters. The van der Waals surface area contributed by atoms with Gasteiger partial charge in [0.15, 0.2) is 0 Å². The van der Waals surface area contributed by atoms with Crippen LogP contribution in [0.15, 0.2) is 18.2 Å². The van der Waals surface area contributed by atoms with E-state index >= 15 is 0 Å². The van der Waals surface area contributed by atoms with Crippen molar-refractivity contribution in [2.45, 2.75) is 66.9 Å². The van der Waals surface area contributed by atoms with Gasteiger partial charge in [-0.1, -0.05) is 13.8 Å². The van der Waals surface area contributed by atoms with Gasteiger partial charge < -0.3 is 10.1 Å². The molecule has 0 aromatic heterocycles. The summed E-state index contributed by atoms with van der Waals surface area (Å²) in [7, 11) is 0. The molecule has 30 heavy (non-hydrogen) atoms. The Morgan fingerprint density at radius 2 is 1.53 bits per heavy atom. The second-order valence-corrected chi connectivity index (χ2v) is 8.89. The summed E-state index contributed by atoms with van der Waals surface area (Å²) < 4.78 is 4.98. The summed E-state index contributed by atoms with van der Waals surface area (Å²) in [6, 6.07) is 4.90. The molecule has 2 aromatic carbocycles. The monoisotopic (exact) mass is 407 g/mol. The molecule has 5 nitrogen and oxygen atoms in total. The van der Waals surface area contributed by atoms with E-state index in [0.717, 1.165) is 5.56 Å². The third kappa shape index (κ3) is 3.76. The van der Waals surface area contributed by atoms with E-state index in [4.69, 9.17) is 4.74 Å². The molecule has 1 heterocycles. The number of nitrogens with one attached hydrogen (secondary N) is 1. The van der Waals surface area contributed by atoms with Crippen molar-refractivity contribution in [2.75, 3.05) is 5.32 Å². The van der Waals surface area contributed by atoms with Crippen molar-refractivity contribution in [1.82, 2.24) is 0 Å². The molecule has 0 bridgehead atoms. The quantitative estimate of drug-likeness (QED) is 0.572. The fourth-order valence-electron chi connectivity index (χ4n) is 4.50. The zero-order valence-electron chi connectivity index (χ0n) is 18.8. The van der Waals surface area contributed by atoms with E-state index in [0.29, 0.717) is 16.8 Å². The van der Waals surface area contributed by atoms with Gasteiger partial charge in [0.1, 0.15) is 6.61 Å². The summed E-state index contributed by atoms with van der Waals surface area (Å²) in [6.07, 6.45) is 0.106. The van der Waals surface area contributed by atoms with Crippen molar-refractivity contribution in [1.29, 1.82) is 0 Å². The Morgan fingerprint density at radius 1 is 0.967 bits per heavy atom. The van der Waals surface area contributed by atoms with Gasteiger partial charge in [-0.2, -0.15) is 0 Å². The second kappa shape index (κ2) is 7.71. The Bertz CT molecular complexity index is 1050. The van der Waals surface area contributed by atoms with Gasteiger partial charge in [0.2, 0.25) is 5.78 Å². The molecule has 0 saturated heterocycles. The molecule has 0 fully saturated rings. The minimum atomic E-state index is -0.649. The lowest BCUT2D eigenvalue weighted by atomic mass is 9.73. The number of benzene rings is 2. The predicted molar refractivity (Wildman–Crippen MR) is 117 cm³/mol. The van der Waals surface area contributed by atoms with Crippen LogP contribution >= 0.6 is 0 Å². The normalized spacial score (nSPS) is 13.1. The summed E-state index contributed by atoms with van der Waals surface area (Å²) >= 11 is 0. The number of carbonyl (C=O) groups is 3. The molecule has 1 aliphatic rings. The van der Waals surface area contributed by atoms with Gasteiger partial charge in [-0.3, -0.25) is 9.59 Å². The van der Waals surface area contributed by atoms with Crippen molar-refractivity contribution >= 4 is 23.3 Å². The molecule has 1 aliphatic heterocycles. The number of ketones is 1. The van der Waals surface area contributed by atoms with Crippen LogP contribution in [0.25, 0.3) is 0 Å². The minimum Gasteiger partial charge on any atom is -0.457 e. The first-order valence-electron chi connectivity index (χ1n) is 10.2. The van der Waals surface area contributed by atoms with E-state index < -0.39 is 17.1 Å². The number of carbonyl (C=O) groups excluding carboxylic acids is 3. The molecule has 0 spiro atoms. The van der Waals surface area contributed by atoms with Gasteiger partial charge in [-0.25, -0.2) is 4.79 Å². The highest BCUT2D eigenvalue weighted by atomic mass is 16.5. The zero-order chi connectivity index (χ0) is 22.4. The van der Waals surface area contributed by atoms with E-state index in [1.54, 1.807) is 18.2 Å². The molecule has 2 aromatic rings. The van der Waals surface area contributed by atoms with Gasteiger partial charge in [-0.05, 0) is 91.6 Å². The predicted octanol–water partition coefficient (Wildman–Crippen LogP) is 4.77. The average molecular weight is 408 g/mol. The maximum absolute atomic E-state index is 12.8. The lowest BCUT2D eigenvalue weighted by Crippen LogP contribution is -2.31. The highest BCUT2D eigenvalue weighted by Gasteiger charge is 2.32. The molecule has 158 valence electrons. The van der Waals surface area contributed by atoms with E-state index in [2.05, 4.69) is 39.9 Å². The van der Waals surface area contributed by atoms with Crippen LogP contribution in [0.3, 0.4) is 0 Å². The summed E-state index contributed by atoms with van der Waals surface area (Å²) in [4.78, 5) is 36.9. The van der Waals surface area contributed by atoms with Crippen molar-refractivity contribution in [2.24, 2.45) is 0 Å². The summed E-state index contributed by atoms with van der Waals surface area (Å²) in [6.45, 7) is 14.7. The van der Waals surface area contributed by atoms with Crippen LogP contribution in [0.4, 0.5) is 5.69 Å². The fourth-order valence-corrected chi connectivity index (χ4v) is 4.50. The van der Waals surface area contributed by atoms with Gasteiger partial charge >= 0.3 is 5.97 Å². The third-order valence-corrected chi connectivity index (χ3v) is 6.47. The second-order valence-electron chi connectivity index (χ2n) is 8.89. The molecule has 1 amide bonds. The van der Waals surface area contributed by atoms with Crippen LogP contribution in [0.2, 0.25) is 0 Å². The van der Waals surface area contributed by atoms with Gasteiger partial charge in [-0.15, -0.1) is 0 Å². The summed E-state index contributed by atoms with van der Waals surface area (Å²) in [5, 5.41) is 2.67. The number of amides is 1. The SMILES string of the molecule is Cc1c(C)c(C)c(C(C)(C)CC(=O)C(=O)Nc2ccc3c(c2)COC3=O)c(C)c1C. The molecular formula is C25H29NO4. The number of esters is 1. The fraction of sp³-hybridized carbons (Fsp3) is 0.400. The van der Waals surface area contributed by atoms with Crippen molar-refractivity contribution in [3.8, 4) is 0 Å². The Balaban J connectivity index is 1.80. The van der Waals surface area contributed by atoms with Crippen LogP contribution in [-0.4, -0.2) is 17.7 Å². The number of hydrogen-bond donors (Lipinski definition) is 1. The number of anilines is 1. The van der Waals surface area contributed by atoms with Gasteiger partial charge in [0, 0.05) is 17.7 Å². The van der Waals surface area contributed by atoms with Gasteiger partial charge in [0.05, 0.1) is 5.56 Å². The van der Waals surface area contributed by atoms with E-state index in [1.807, 2.05) is 13.8 Å². The van der Waals surface area contributed by atoms with Crippen molar-refractivity contribution < 1.29 is 19.1 Å². The lowest BCUT2D eigenvalue weighted by Gasteiger charge is -2.31. The smallest absolute Gasteiger partial charge is 0.338 e. The van der Waals surface area contributed by atoms with E-state index in [9.17, 15) is 14.4 Å². The molecule has 0 unspecified atom stereocenters. The van der Waals surface area contributed by atoms with Crippen LogP contribution < -0.4 is 5.32 Å². The molecular weight excluding hydrogens is 378 g/mol. The largest absolute Gasteiger partial charge is 0.457 e. The lowest BCUT2D eigenvalue weighted by molar-refractivity contribution is -0.135. The molecule has 0 radical (unpaired) electrons. The first kappa shape index (κ1) is 21.8. The number of rotatable bonds is 5. The third-order valence-electron chi connectivity index (χ3n) is 6.47. The summed E-state index contributed by atoms with van der Waals surface area (Å²) in [5.41, 5.74) is 8.43. The van der Waals surface area contributed by atoms with E-state index in [1.165, 1.54) is 27.8 Å². The van der Waals surface area contributed by atoms with Crippen LogP contribution in [0, 0.1) is 34.6 Å². The molecule has 1 N–H and O–H groups in total. The highest BCUT2D eigenvalue weighted by Crippen LogP contribution is 2.37. The topological polar surface area (TPSA) is 72.5 Å². The molecule has 5 heteroatoms. The number of fused-ring (bicyclic) bond motifs is 1. The molecule has 0 saturated carbocycles. The Labute approximate surface area is 177 Å². The van der Waals surface area contributed by atoms with Crippen LogP contribution in [-0.2, 0) is 26.3 Å². The summed E-state index contributed by atoms with van der Waals surface area (Å²) in [5.74, 6) is -1.48. The van der Waals surface area contributed by atoms with Crippen molar-refractivity contribution in [3.05, 3.63) is 62.7 Å². The van der Waals surface area contributed by atoms with Gasteiger partial charge in [0.25, 0.3) is 5.91 Å². The first-order valence-corrected chi connectivity index (χ1v) is 10.2. The Morgan fingerprint density at radius 3 is 2.13 bits per heavy atom. The Kier molecular flexibility index (Phi) is 5.59. The van der Waals surface area contributed by atoms with Crippen LogP contribution in [0.5, 0.6) is 0 Å². The molecule has 0 aliphatic carbocycles. The maximum Gasteiger partial charge on any atom is 0.338 e. The number of ether oxygens (including phenoxy) is 1. The average Bonchev–Trinajstić information content (AvgIpc) is 3.04. The number of Topliss-reactive ketones (excluding diaryl/α,β-unsaturated/α-hetero) is 1. The number of cyclic esters (lactones) is 1. The minimum absolute atomic E-state index is 0.106.